The number of nitrogens with zero attached hydrogens (tertiary/aromatic N) is 2. The summed E-state index contributed by atoms with van der Waals surface area (Å²) >= 11 is 0. The van der Waals surface area contributed by atoms with Gasteiger partial charge in [-0.15, -0.1) is 0 Å². The van der Waals surface area contributed by atoms with Gasteiger partial charge in [0.1, 0.15) is 17.4 Å². The minimum absolute atomic E-state index is 0.0104. The second-order valence-corrected chi connectivity index (χ2v) is 11.0. The van der Waals surface area contributed by atoms with Crippen molar-refractivity contribution in [1.82, 2.24) is 9.80 Å². The van der Waals surface area contributed by atoms with Crippen molar-refractivity contribution in [3.63, 3.8) is 0 Å². The molecule has 1 aliphatic carbocycles. The number of carbonyl (C=O) groups excluding carboxylic acids is 1. The maximum absolute atomic E-state index is 12.7. The minimum atomic E-state index is -3.03. The van der Waals surface area contributed by atoms with E-state index in [9.17, 15) is 13.2 Å². The minimum Gasteiger partial charge on any atom is -0.490 e. The highest BCUT2D eigenvalue weighted by molar-refractivity contribution is 7.91. The van der Waals surface area contributed by atoms with Crippen LogP contribution in [0.5, 0.6) is 5.75 Å². The van der Waals surface area contributed by atoms with Crippen molar-refractivity contribution in [2.45, 2.75) is 44.2 Å². The summed E-state index contributed by atoms with van der Waals surface area (Å²) in [6.45, 7) is 2.64. The zero-order valence-corrected chi connectivity index (χ0v) is 17.9. The van der Waals surface area contributed by atoms with Crippen LogP contribution in [0.4, 0.5) is 0 Å². The largest absolute Gasteiger partial charge is 0.490 e. The maximum atomic E-state index is 12.7. The van der Waals surface area contributed by atoms with Crippen LogP contribution in [0, 0.1) is 0 Å². The van der Waals surface area contributed by atoms with Gasteiger partial charge in [0, 0.05) is 37.6 Å². The molecule has 3 heterocycles. The van der Waals surface area contributed by atoms with Crippen LogP contribution in [-0.4, -0.2) is 74.0 Å². The molecular formula is C22H28N2O5S. The maximum Gasteiger partial charge on any atom is 0.289 e. The third kappa shape index (κ3) is 4.07. The fourth-order valence-corrected chi connectivity index (χ4v) is 5.78. The van der Waals surface area contributed by atoms with Gasteiger partial charge in [0.05, 0.1) is 11.5 Å². The molecule has 7 nitrogen and oxygen atoms in total. The van der Waals surface area contributed by atoms with Crippen molar-refractivity contribution >= 4 is 26.7 Å². The standard InChI is InChI=1S/C22H28N2O5S/c25-22(24-10-12-30(26,27)13-11-24)21-15-16-14-19(4-5-20(16)29-21)28-18-6-8-23(9-7-18)17-2-1-3-17/h4-5,14-15,17-18H,1-3,6-13H2. The highest BCUT2D eigenvalue weighted by atomic mass is 32.2. The number of benzene rings is 1. The number of amides is 1. The Kier molecular flexibility index (Phi) is 5.23. The van der Waals surface area contributed by atoms with E-state index in [0.29, 0.717) is 5.58 Å². The van der Waals surface area contributed by atoms with Gasteiger partial charge in [0.15, 0.2) is 15.6 Å². The molecule has 0 atom stereocenters. The van der Waals surface area contributed by atoms with Gasteiger partial charge in [-0.1, -0.05) is 6.42 Å². The molecule has 1 aromatic heterocycles. The molecule has 0 bridgehead atoms. The van der Waals surface area contributed by atoms with Crippen LogP contribution in [0.1, 0.15) is 42.7 Å². The van der Waals surface area contributed by atoms with E-state index in [1.54, 1.807) is 11.0 Å². The van der Waals surface area contributed by atoms with Crippen molar-refractivity contribution in [2.75, 3.05) is 37.7 Å². The summed E-state index contributed by atoms with van der Waals surface area (Å²) in [5, 5.41) is 0.826. The average molecular weight is 433 g/mol. The van der Waals surface area contributed by atoms with Gasteiger partial charge in [-0.3, -0.25) is 4.79 Å². The Labute approximate surface area is 176 Å². The molecule has 0 radical (unpaired) electrons. The third-order valence-electron chi connectivity index (χ3n) is 6.70. The first-order chi connectivity index (χ1) is 14.5. The number of carbonyl (C=O) groups is 1. The van der Waals surface area contributed by atoms with Gasteiger partial charge in [0.2, 0.25) is 0 Å². The van der Waals surface area contributed by atoms with E-state index < -0.39 is 9.84 Å². The van der Waals surface area contributed by atoms with E-state index in [0.717, 1.165) is 43.1 Å². The number of piperidine rings is 1. The van der Waals surface area contributed by atoms with Crippen LogP contribution < -0.4 is 4.74 Å². The number of likely N-dealkylation sites (tertiary alicyclic amines) is 1. The average Bonchev–Trinajstić information content (AvgIpc) is 3.11. The molecule has 1 aromatic carbocycles. The third-order valence-corrected chi connectivity index (χ3v) is 8.31. The van der Waals surface area contributed by atoms with E-state index in [4.69, 9.17) is 9.15 Å². The summed E-state index contributed by atoms with van der Waals surface area (Å²) < 4.78 is 35.1. The van der Waals surface area contributed by atoms with E-state index in [1.807, 2.05) is 18.2 Å². The second-order valence-electron chi connectivity index (χ2n) is 8.69. The van der Waals surface area contributed by atoms with E-state index in [1.165, 1.54) is 19.3 Å². The molecule has 5 rings (SSSR count). The lowest BCUT2D eigenvalue weighted by molar-refractivity contribution is 0.0494. The zero-order valence-electron chi connectivity index (χ0n) is 17.1. The van der Waals surface area contributed by atoms with Crippen LogP contribution in [0.15, 0.2) is 28.7 Å². The van der Waals surface area contributed by atoms with Crippen molar-refractivity contribution < 1.29 is 22.4 Å². The summed E-state index contributed by atoms with van der Waals surface area (Å²) in [7, 11) is -3.03. The topological polar surface area (TPSA) is 80.1 Å². The number of fused-ring (bicyclic) bond motifs is 1. The molecule has 0 N–H and O–H groups in total. The summed E-state index contributed by atoms with van der Waals surface area (Å²) in [5.41, 5.74) is 0.634. The first-order valence-electron chi connectivity index (χ1n) is 10.9. The summed E-state index contributed by atoms with van der Waals surface area (Å²) in [6, 6.07) is 8.18. The smallest absolute Gasteiger partial charge is 0.289 e. The molecule has 2 saturated heterocycles. The first-order valence-corrected chi connectivity index (χ1v) is 12.7. The van der Waals surface area contributed by atoms with Crippen LogP contribution in [0.25, 0.3) is 11.0 Å². The molecule has 8 heteroatoms. The number of hydrogen-bond acceptors (Lipinski definition) is 6. The fraction of sp³-hybridized carbons (Fsp3) is 0.591. The fourth-order valence-electron chi connectivity index (χ4n) is 4.57. The second kappa shape index (κ2) is 7.89. The monoisotopic (exact) mass is 432 g/mol. The predicted octanol–water partition coefficient (Wildman–Crippen LogP) is 2.70. The van der Waals surface area contributed by atoms with Crippen LogP contribution in [0.3, 0.4) is 0 Å². The lowest BCUT2D eigenvalue weighted by Gasteiger charge is -2.41. The molecule has 3 fully saturated rings. The Balaban J connectivity index is 1.22. The highest BCUT2D eigenvalue weighted by Gasteiger charge is 2.30. The van der Waals surface area contributed by atoms with Crippen molar-refractivity contribution in [2.24, 2.45) is 0 Å². The van der Waals surface area contributed by atoms with E-state index in [-0.39, 0.29) is 42.4 Å². The SMILES string of the molecule is O=C(c1cc2cc(OC3CCN(C4CCC4)CC3)ccc2o1)N1CCS(=O)(=O)CC1. The molecule has 162 valence electrons. The zero-order chi connectivity index (χ0) is 20.7. The Morgan fingerprint density at radius 2 is 1.73 bits per heavy atom. The quantitative estimate of drug-likeness (QED) is 0.739. The number of rotatable bonds is 4. The molecule has 0 spiro atoms. The molecule has 1 saturated carbocycles. The molecule has 0 unspecified atom stereocenters. The van der Waals surface area contributed by atoms with Crippen molar-refractivity contribution in [3.05, 3.63) is 30.0 Å². The summed E-state index contributed by atoms with van der Waals surface area (Å²) in [6.07, 6.45) is 6.37. The molecule has 30 heavy (non-hydrogen) atoms. The summed E-state index contributed by atoms with van der Waals surface area (Å²) in [5.74, 6) is 0.809. The van der Waals surface area contributed by atoms with Gasteiger partial charge in [-0.2, -0.15) is 0 Å². The number of ether oxygens (including phenoxy) is 1. The number of sulfone groups is 1. The first kappa shape index (κ1) is 19.9. The summed E-state index contributed by atoms with van der Waals surface area (Å²) in [4.78, 5) is 16.9. The van der Waals surface area contributed by atoms with Gasteiger partial charge in [-0.25, -0.2) is 8.42 Å². The molecule has 2 aromatic rings. The molecule has 3 aliphatic rings. The van der Waals surface area contributed by atoms with Crippen LogP contribution >= 0.6 is 0 Å². The Morgan fingerprint density at radius 3 is 2.40 bits per heavy atom. The normalized spacial score (nSPS) is 23.4. The lowest BCUT2D eigenvalue weighted by Crippen LogP contribution is -2.46. The van der Waals surface area contributed by atoms with Crippen LogP contribution in [-0.2, 0) is 9.84 Å². The van der Waals surface area contributed by atoms with Gasteiger partial charge >= 0.3 is 0 Å². The Bertz CT molecular complexity index is 1020. The van der Waals surface area contributed by atoms with Gasteiger partial charge in [0.25, 0.3) is 5.91 Å². The predicted molar refractivity (Wildman–Crippen MR) is 114 cm³/mol. The molecular weight excluding hydrogens is 404 g/mol. The van der Waals surface area contributed by atoms with Gasteiger partial charge in [-0.05, 0) is 49.9 Å². The number of furan rings is 1. The number of hydrogen-bond donors (Lipinski definition) is 0. The Hall–Kier alpha value is -2.06. The van der Waals surface area contributed by atoms with E-state index in [2.05, 4.69) is 4.90 Å². The molecule has 2 aliphatic heterocycles. The van der Waals surface area contributed by atoms with Gasteiger partial charge < -0.3 is 19.0 Å². The molecule has 1 amide bonds. The van der Waals surface area contributed by atoms with Crippen molar-refractivity contribution in [1.29, 1.82) is 0 Å². The van der Waals surface area contributed by atoms with Crippen molar-refractivity contribution in [3.8, 4) is 5.75 Å². The van der Waals surface area contributed by atoms with Crippen LogP contribution in [0.2, 0.25) is 0 Å². The van der Waals surface area contributed by atoms with E-state index >= 15 is 0 Å². The Morgan fingerprint density at radius 1 is 1.00 bits per heavy atom. The lowest BCUT2D eigenvalue weighted by atomic mass is 9.90. The highest BCUT2D eigenvalue weighted by Crippen LogP contribution is 2.30.